The molecular weight excluding hydrogens is 398 g/mol. The molecular formula is C17H22ClNO5S2. The molecule has 1 aromatic rings. The summed E-state index contributed by atoms with van der Waals surface area (Å²) in [6, 6.07) is 6.95. The Labute approximate surface area is 163 Å². The molecule has 1 fully saturated rings. The standard InChI is InChI=1S/C17H22ClNO5S2/c1-12(17(21)19(2)14-8-10-26(22,23)11-14)24-16(20)7-9-25-15-5-3-13(18)4-6-15/h3-6,12,14H,7-11H2,1-2H3/t12-,14+/m0/s1. The minimum Gasteiger partial charge on any atom is -0.453 e. The van der Waals surface area contributed by atoms with Crippen molar-refractivity contribution < 1.29 is 22.7 Å². The summed E-state index contributed by atoms with van der Waals surface area (Å²) in [5, 5.41) is 0.653. The molecule has 144 valence electrons. The fourth-order valence-electron chi connectivity index (χ4n) is 2.64. The molecule has 1 aromatic carbocycles. The lowest BCUT2D eigenvalue weighted by Crippen LogP contribution is -2.44. The first-order valence-corrected chi connectivity index (χ1v) is 11.4. The SMILES string of the molecule is C[C@H](OC(=O)CCSc1ccc(Cl)cc1)C(=O)N(C)[C@@H]1CCS(=O)(=O)C1. The van der Waals surface area contributed by atoms with Gasteiger partial charge >= 0.3 is 5.97 Å². The first-order valence-electron chi connectivity index (χ1n) is 8.23. The third-order valence-corrected chi connectivity index (χ3v) is 7.16. The molecule has 0 radical (unpaired) electrons. The van der Waals surface area contributed by atoms with Crippen molar-refractivity contribution in [2.75, 3.05) is 24.3 Å². The van der Waals surface area contributed by atoms with Gasteiger partial charge in [-0.15, -0.1) is 11.8 Å². The molecule has 1 aliphatic rings. The normalized spacial score (nSPS) is 19.7. The van der Waals surface area contributed by atoms with Crippen LogP contribution in [0.4, 0.5) is 0 Å². The van der Waals surface area contributed by atoms with Gasteiger partial charge in [-0.25, -0.2) is 8.42 Å². The fraction of sp³-hybridized carbons (Fsp3) is 0.529. The number of sulfone groups is 1. The topological polar surface area (TPSA) is 80.8 Å². The van der Waals surface area contributed by atoms with Crippen molar-refractivity contribution in [3.63, 3.8) is 0 Å². The molecule has 2 atom stereocenters. The van der Waals surface area contributed by atoms with Crippen LogP contribution in [0.5, 0.6) is 0 Å². The number of rotatable bonds is 7. The Morgan fingerprint density at radius 2 is 2.00 bits per heavy atom. The highest BCUT2D eigenvalue weighted by Gasteiger charge is 2.34. The van der Waals surface area contributed by atoms with E-state index < -0.39 is 21.9 Å². The van der Waals surface area contributed by atoms with Crippen molar-refractivity contribution >= 4 is 45.1 Å². The van der Waals surface area contributed by atoms with Crippen LogP contribution in [0.25, 0.3) is 0 Å². The summed E-state index contributed by atoms with van der Waals surface area (Å²) in [7, 11) is -1.53. The number of halogens is 1. The van der Waals surface area contributed by atoms with Crippen LogP contribution in [0.1, 0.15) is 19.8 Å². The van der Waals surface area contributed by atoms with Gasteiger partial charge in [0.2, 0.25) is 0 Å². The van der Waals surface area contributed by atoms with E-state index in [1.807, 2.05) is 12.1 Å². The third kappa shape index (κ3) is 6.17. The summed E-state index contributed by atoms with van der Waals surface area (Å²) >= 11 is 7.32. The molecule has 0 aliphatic carbocycles. The summed E-state index contributed by atoms with van der Waals surface area (Å²) in [5.74, 6) is -0.262. The zero-order valence-corrected chi connectivity index (χ0v) is 17.1. The summed E-state index contributed by atoms with van der Waals surface area (Å²) in [6.07, 6.45) is -0.341. The number of carbonyl (C=O) groups is 2. The van der Waals surface area contributed by atoms with Crippen molar-refractivity contribution in [3.8, 4) is 0 Å². The highest BCUT2D eigenvalue weighted by atomic mass is 35.5. The highest BCUT2D eigenvalue weighted by Crippen LogP contribution is 2.21. The van der Waals surface area contributed by atoms with Gasteiger partial charge in [0.15, 0.2) is 15.9 Å². The molecule has 0 spiro atoms. The Morgan fingerprint density at radius 3 is 2.58 bits per heavy atom. The smallest absolute Gasteiger partial charge is 0.307 e. The monoisotopic (exact) mass is 419 g/mol. The lowest BCUT2D eigenvalue weighted by molar-refractivity contribution is -0.158. The van der Waals surface area contributed by atoms with Crippen LogP contribution in [0, 0.1) is 0 Å². The Hall–Kier alpha value is -1.25. The van der Waals surface area contributed by atoms with Gasteiger partial charge < -0.3 is 9.64 Å². The largest absolute Gasteiger partial charge is 0.453 e. The van der Waals surface area contributed by atoms with E-state index in [4.69, 9.17) is 16.3 Å². The molecule has 0 saturated carbocycles. The fourth-order valence-corrected chi connectivity index (χ4v) is 5.37. The van der Waals surface area contributed by atoms with E-state index in [1.165, 1.54) is 23.6 Å². The van der Waals surface area contributed by atoms with Crippen molar-refractivity contribution in [1.29, 1.82) is 0 Å². The van der Waals surface area contributed by atoms with Gasteiger partial charge in [0, 0.05) is 28.8 Å². The minimum absolute atomic E-state index is 0.0341. The number of ether oxygens (including phenoxy) is 1. The molecule has 6 nitrogen and oxygen atoms in total. The summed E-state index contributed by atoms with van der Waals surface area (Å²) in [4.78, 5) is 26.6. The number of benzene rings is 1. The lowest BCUT2D eigenvalue weighted by Gasteiger charge is -2.26. The Balaban J connectivity index is 1.75. The number of likely N-dealkylation sites (N-methyl/N-ethyl adjacent to an activating group) is 1. The first-order chi connectivity index (χ1) is 12.2. The summed E-state index contributed by atoms with van der Waals surface area (Å²) < 4.78 is 28.3. The van der Waals surface area contributed by atoms with Crippen molar-refractivity contribution in [3.05, 3.63) is 29.3 Å². The molecule has 0 N–H and O–H groups in total. The van der Waals surface area contributed by atoms with Gasteiger partial charge in [0.1, 0.15) is 0 Å². The van der Waals surface area contributed by atoms with Crippen LogP contribution in [-0.4, -0.2) is 61.6 Å². The minimum atomic E-state index is -3.08. The predicted octanol–water partition coefficient (Wildman–Crippen LogP) is 2.40. The van der Waals surface area contributed by atoms with E-state index in [2.05, 4.69) is 0 Å². The van der Waals surface area contributed by atoms with Crippen LogP contribution < -0.4 is 0 Å². The average Bonchev–Trinajstić information content (AvgIpc) is 2.95. The Morgan fingerprint density at radius 1 is 1.35 bits per heavy atom. The first kappa shape index (κ1) is 21.1. The Bertz CT molecular complexity index is 751. The van der Waals surface area contributed by atoms with Gasteiger partial charge in [0.05, 0.1) is 17.9 Å². The van der Waals surface area contributed by atoms with Crippen molar-refractivity contribution in [1.82, 2.24) is 4.90 Å². The zero-order valence-electron chi connectivity index (χ0n) is 14.7. The number of hydrogen-bond donors (Lipinski definition) is 0. The van der Waals surface area contributed by atoms with Crippen molar-refractivity contribution in [2.24, 2.45) is 0 Å². The summed E-state index contributed by atoms with van der Waals surface area (Å²) in [6.45, 7) is 1.51. The third-order valence-electron chi connectivity index (χ3n) is 4.15. The molecule has 9 heteroatoms. The van der Waals surface area contributed by atoms with Crippen LogP contribution in [0.15, 0.2) is 29.2 Å². The second-order valence-electron chi connectivity index (χ2n) is 6.19. The second-order valence-corrected chi connectivity index (χ2v) is 10.0. The number of carbonyl (C=O) groups excluding carboxylic acids is 2. The highest BCUT2D eigenvalue weighted by molar-refractivity contribution is 7.99. The van der Waals surface area contributed by atoms with Gasteiger partial charge in [-0.05, 0) is 37.6 Å². The van der Waals surface area contributed by atoms with E-state index in [9.17, 15) is 18.0 Å². The van der Waals surface area contributed by atoms with E-state index >= 15 is 0 Å². The van der Waals surface area contributed by atoms with Gasteiger partial charge in [-0.1, -0.05) is 11.6 Å². The molecule has 2 rings (SSSR count). The molecule has 1 amide bonds. The molecule has 26 heavy (non-hydrogen) atoms. The number of amides is 1. The van der Waals surface area contributed by atoms with Gasteiger partial charge in [-0.3, -0.25) is 9.59 Å². The van der Waals surface area contributed by atoms with Crippen LogP contribution in [0.2, 0.25) is 5.02 Å². The van der Waals surface area contributed by atoms with E-state index in [0.717, 1.165) is 4.90 Å². The Kier molecular flexibility index (Phi) is 7.37. The molecule has 0 aromatic heterocycles. The maximum absolute atomic E-state index is 12.3. The molecule has 1 heterocycles. The van der Waals surface area contributed by atoms with E-state index in [1.54, 1.807) is 19.2 Å². The maximum Gasteiger partial charge on any atom is 0.307 e. The molecule has 1 saturated heterocycles. The molecule has 1 aliphatic heterocycles. The zero-order chi connectivity index (χ0) is 19.3. The number of thioether (sulfide) groups is 1. The van der Waals surface area contributed by atoms with Gasteiger partial charge in [0.25, 0.3) is 5.91 Å². The molecule has 0 unspecified atom stereocenters. The average molecular weight is 420 g/mol. The van der Waals surface area contributed by atoms with E-state index in [0.29, 0.717) is 17.2 Å². The van der Waals surface area contributed by atoms with Gasteiger partial charge in [-0.2, -0.15) is 0 Å². The number of esters is 1. The van der Waals surface area contributed by atoms with Crippen LogP contribution in [-0.2, 0) is 24.2 Å². The predicted molar refractivity (Wildman–Crippen MR) is 102 cm³/mol. The maximum atomic E-state index is 12.3. The number of nitrogens with zero attached hydrogens (tertiary/aromatic N) is 1. The van der Waals surface area contributed by atoms with E-state index in [-0.39, 0.29) is 29.9 Å². The molecule has 0 bridgehead atoms. The number of hydrogen-bond acceptors (Lipinski definition) is 6. The lowest BCUT2D eigenvalue weighted by atomic mass is 10.2. The second kappa shape index (κ2) is 9.10. The quantitative estimate of drug-likeness (QED) is 0.498. The summed E-state index contributed by atoms with van der Waals surface area (Å²) in [5.41, 5.74) is 0. The van der Waals surface area contributed by atoms with Crippen LogP contribution >= 0.6 is 23.4 Å². The van der Waals surface area contributed by atoms with Crippen LogP contribution in [0.3, 0.4) is 0 Å². The van der Waals surface area contributed by atoms with Crippen molar-refractivity contribution in [2.45, 2.75) is 36.8 Å².